The highest BCUT2D eigenvalue weighted by Gasteiger charge is 2.20. The molecule has 156 valence electrons. The second-order valence-corrected chi connectivity index (χ2v) is 7.64. The quantitative estimate of drug-likeness (QED) is 0.650. The highest BCUT2D eigenvalue weighted by Crippen LogP contribution is 2.31. The van der Waals surface area contributed by atoms with Crippen LogP contribution in [0.4, 0.5) is 5.69 Å². The molecule has 1 aromatic heterocycles. The van der Waals surface area contributed by atoms with Crippen molar-refractivity contribution in [3.8, 4) is 22.8 Å². The molecule has 0 bridgehead atoms. The van der Waals surface area contributed by atoms with E-state index in [-0.39, 0.29) is 5.91 Å². The Hall–Kier alpha value is -3.28. The summed E-state index contributed by atoms with van der Waals surface area (Å²) in [7, 11) is 1.59. The minimum Gasteiger partial charge on any atom is -0.493 e. The maximum absolute atomic E-state index is 12.9. The molecule has 1 atom stereocenters. The van der Waals surface area contributed by atoms with Crippen LogP contribution in [0, 0.1) is 6.92 Å². The van der Waals surface area contributed by atoms with Gasteiger partial charge in [-0.1, -0.05) is 24.3 Å². The highest BCUT2D eigenvalue weighted by atomic mass is 16.5. The number of rotatable bonds is 6. The molecule has 3 aromatic rings. The molecule has 0 fully saturated rings. The third kappa shape index (κ3) is 4.17. The number of hydrogen-bond donors (Lipinski definition) is 1. The summed E-state index contributed by atoms with van der Waals surface area (Å²) < 4.78 is 13.5. The van der Waals surface area contributed by atoms with Crippen LogP contribution in [0.2, 0.25) is 0 Å². The van der Waals surface area contributed by atoms with Crippen LogP contribution in [-0.4, -0.2) is 28.7 Å². The van der Waals surface area contributed by atoms with E-state index in [0.29, 0.717) is 11.5 Å². The number of benzene rings is 2. The van der Waals surface area contributed by atoms with Crippen LogP contribution in [0.25, 0.3) is 11.3 Å². The first-order valence-electron chi connectivity index (χ1n) is 10.3. The van der Waals surface area contributed by atoms with Crippen molar-refractivity contribution in [2.75, 3.05) is 12.4 Å². The van der Waals surface area contributed by atoms with E-state index < -0.39 is 6.10 Å². The number of nitrogens with zero attached hydrogens (tertiary/aromatic N) is 2. The Labute approximate surface area is 176 Å². The van der Waals surface area contributed by atoms with Gasteiger partial charge in [-0.15, -0.1) is 0 Å². The number of fused-ring (bicyclic) bond motifs is 1. The van der Waals surface area contributed by atoms with E-state index >= 15 is 0 Å². The maximum Gasteiger partial charge on any atom is 0.265 e. The van der Waals surface area contributed by atoms with Gasteiger partial charge in [0.05, 0.1) is 18.5 Å². The largest absolute Gasteiger partial charge is 0.493 e. The minimum absolute atomic E-state index is 0.228. The molecule has 1 N–H and O–H groups in total. The highest BCUT2D eigenvalue weighted by molar-refractivity contribution is 5.97. The van der Waals surface area contributed by atoms with Crippen molar-refractivity contribution < 1.29 is 14.3 Å². The summed E-state index contributed by atoms with van der Waals surface area (Å²) in [4.78, 5) is 17.7. The molecule has 1 amide bonds. The molecule has 0 spiro atoms. The lowest BCUT2D eigenvalue weighted by molar-refractivity contribution is -0.122. The first-order valence-corrected chi connectivity index (χ1v) is 10.3. The predicted molar refractivity (Wildman–Crippen MR) is 117 cm³/mol. The number of hydrogen-bond acceptors (Lipinski definition) is 4. The molecule has 0 radical (unpaired) electrons. The maximum atomic E-state index is 12.9. The van der Waals surface area contributed by atoms with E-state index in [1.807, 2.05) is 49.4 Å². The van der Waals surface area contributed by atoms with Crippen molar-refractivity contribution >= 4 is 11.6 Å². The molecular weight excluding hydrogens is 378 g/mol. The summed E-state index contributed by atoms with van der Waals surface area (Å²) in [6.45, 7) is 4.71. The zero-order chi connectivity index (χ0) is 21.1. The summed E-state index contributed by atoms with van der Waals surface area (Å²) in [5, 5.41) is 3.00. The van der Waals surface area contributed by atoms with Crippen molar-refractivity contribution in [3.63, 3.8) is 0 Å². The number of amides is 1. The molecule has 2 aromatic carbocycles. The van der Waals surface area contributed by atoms with Gasteiger partial charge in [-0.3, -0.25) is 4.79 Å². The van der Waals surface area contributed by atoms with Crippen molar-refractivity contribution in [3.05, 3.63) is 60.0 Å². The van der Waals surface area contributed by atoms with Gasteiger partial charge < -0.3 is 19.4 Å². The third-order valence-corrected chi connectivity index (χ3v) is 5.36. The lowest BCUT2D eigenvalue weighted by Crippen LogP contribution is -2.30. The number of methoxy groups -OCH3 is 1. The van der Waals surface area contributed by atoms with E-state index in [4.69, 9.17) is 14.5 Å². The number of ether oxygens (including phenoxy) is 2. The topological polar surface area (TPSA) is 65.4 Å². The van der Waals surface area contributed by atoms with Crippen LogP contribution in [0.5, 0.6) is 11.5 Å². The van der Waals surface area contributed by atoms with Gasteiger partial charge in [0.1, 0.15) is 5.82 Å². The number of para-hydroxylation sites is 1. The number of carbonyl (C=O) groups excluding carboxylic acids is 1. The van der Waals surface area contributed by atoms with Crippen molar-refractivity contribution in [2.24, 2.45) is 0 Å². The molecule has 2 heterocycles. The Kier molecular flexibility index (Phi) is 5.74. The molecule has 1 aliphatic heterocycles. The number of aryl methyl sites for hydroxylation is 3. The van der Waals surface area contributed by atoms with Crippen molar-refractivity contribution in [1.29, 1.82) is 0 Å². The molecule has 0 aliphatic carbocycles. The molecule has 0 unspecified atom stereocenters. The summed E-state index contributed by atoms with van der Waals surface area (Å²) in [5.41, 5.74) is 3.58. The van der Waals surface area contributed by atoms with Gasteiger partial charge in [0.2, 0.25) is 0 Å². The Morgan fingerprint density at radius 2 is 2.00 bits per heavy atom. The summed E-state index contributed by atoms with van der Waals surface area (Å²) in [6.07, 6.45) is 4.74. The molecule has 1 aliphatic rings. The van der Waals surface area contributed by atoms with Gasteiger partial charge in [-0.25, -0.2) is 4.98 Å². The van der Waals surface area contributed by atoms with Gasteiger partial charge in [-0.05, 0) is 50.5 Å². The van der Waals surface area contributed by atoms with Crippen LogP contribution in [0.1, 0.15) is 31.2 Å². The van der Waals surface area contributed by atoms with E-state index in [1.165, 1.54) is 12.8 Å². The molecule has 6 heteroatoms. The number of anilines is 1. The molecule has 6 nitrogen and oxygen atoms in total. The fourth-order valence-electron chi connectivity index (χ4n) is 3.71. The first kappa shape index (κ1) is 20.0. The fraction of sp³-hybridized carbons (Fsp3) is 0.333. The zero-order valence-corrected chi connectivity index (χ0v) is 17.6. The number of carbonyl (C=O) groups is 1. The second-order valence-electron chi connectivity index (χ2n) is 7.64. The van der Waals surface area contributed by atoms with E-state index in [1.54, 1.807) is 14.0 Å². The average Bonchev–Trinajstić information content (AvgIpc) is 3.19. The van der Waals surface area contributed by atoms with Crippen molar-refractivity contribution in [2.45, 2.75) is 45.8 Å². The Balaban J connectivity index is 1.52. The van der Waals surface area contributed by atoms with Crippen LogP contribution in [-0.2, 0) is 17.8 Å². The Morgan fingerprint density at radius 3 is 2.80 bits per heavy atom. The number of nitrogens with one attached hydrogen (secondary N) is 1. The Bertz CT molecular complexity index is 1030. The van der Waals surface area contributed by atoms with Crippen LogP contribution in [0.3, 0.4) is 0 Å². The van der Waals surface area contributed by atoms with Gasteiger partial charge >= 0.3 is 0 Å². The summed E-state index contributed by atoms with van der Waals surface area (Å²) in [5.74, 6) is 2.04. The number of imidazole rings is 1. The zero-order valence-electron chi connectivity index (χ0n) is 17.6. The standard InChI is InChI=1S/C24H27N3O3/c1-16-11-12-21(22(14-16)29-3)30-17(2)24(28)26-19-9-5-4-8-18(19)20-15-27-13-7-6-10-23(27)25-20/h4-5,8-9,11-12,14-15,17H,6-7,10,13H2,1-3H3,(H,26,28)/t17-/m0/s1. The fourth-order valence-corrected chi connectivity index (χ4v) is 3.71. The molecular formula is C24H27N3O3. The van der Waals surface area contributed by atoms with E-state index in [0.717, 1.165) is 41.3 Å². The SMILES string of the molecule is COc1cc(C)ccc1O[C@@H](C)C(=O)Nc1ccccc1-c1cn2c(n1)CCCC2. The third-order valence-electron chi connectivity index (χ3n) is 5.36. The van der Waals surface area contributed by atoms with E-state index in [9.17, 15) is 4.79 Å². The molecule has 4 rings (SSSR count). The molecule has 0 saturated heterocycles. The van der Waals surface area contributed by atoms with Gasteiger partial charge in [0.25, 0.3) is 5.91 Å². The van der Waals surface area contributed by atoms with Gasteiger partial charge in [0.15, 0.2) is 17.6 Å². The molecule has 30 heavy (non-hydrogen) atoms. The average molecular weight is 405 g/mol. The second kappa shape index (κ2) is 8.61. The van der Waals surface area contributed by atoms with Crippen LogP contribution >= 0.6 is 0 Å². The first-order chi connectivity index (χ1) is 14.5. The minimum atomic E-state index is -0.690. The summed E-state index contributed by atoms with van der Waals surface area (Å²) in [6, 6.07) is 13.4. The normalized spacial score (nSPS) is 14.0. The Morgan fingerprint density at radius 1 is 1.17 bits per heavy atom. The van der Waals surface area contributed by atoms with Crippen molar-refractivity contribution in [1.82, 2.24) is 9.55 Å². The monoisotopic (exact) mass is 405 g/mol. The van der Waals surface area contributed by atoms with Crippen LogP contribution in [0.15, 0.2) is 48.7 Å². The smallest absolute Gasteiger partial charge is 0.265 e. The van der Waals surface area contributed by atoms with Gasteiger partial charge in [0, 0.05) is 24.7 Å². The van der Waals surface area contributed by atoms with Crippen LogP contribution < -0.4 is 14.8 Å². The summed E-state index contributed by atoms with van der Waals surface area (Å²) >= 11 is 0. The predicted octanol–water partition coefficient (Wildman–Crippen LogP) is 4.61. The lowest BCUT2D eigenvalue weighted by Gasteiger charge is -2.18. The lowest BCUT2D eigenvalue weighted by atomic mass is 10.1. The van der Waals surface area contributed by atoms with E-state index in [2.05, 4.69) is 16.1 Å². The van der Waals surface area contributed by atoms with Gasteiger partial charge in [-0.2, -0.15) is 0 Å². The number of aromatic nitrogens is 2. The molecule has 0 saturated carbocycles.